The molecule has 2 heterocycles. The molecule has 1 saturated heterocycles. The fourth-order valence-corrected chi connectivity index (χ4v) is 2.23. The molecule has 0 aliphatic carbocycles. The molecule has 1 N–H and O–H groups in total. The molecular weight excluding hydrogens is 242 g/mol. The van der Waals surface area contributed by atoms with Crippen LogP contribution in [0.15, 0.2) is 12.4 Å². The molecule has 1 atom stereocenters. The molecule has 1 unspecified atom stereocenters. The molecule has 1 aromatic rings. The average molecular weight is 263 g/mol. The lowest BCUT2D eigenvalue weighted by Crippen LogP contribution is -2.58. The average Bonchev–Trinajstić information content (AvgIpc) is 2.46. The fourth-order valence-electron chi connectivity index (χ4n) is 2.23. The van der Waals surface area contributed by atoms with Crippen LogP contribution in [0.4, 0.5) is 5.82 Å². The molecule has 1 amide bonds. The van der Waals surface area contributed by atoms with Crippen LogP contribution in [0.1, 0.15) is 12.6 Å². The van der Waals surface area contributed by atoms with Gasteiger partial charge in [-0.1, -0.05) is 6.92 Å². The summed E-state index contributed by atoms with van der Waals surface area (Å²) in [5.41, 5.74) is 1.000. The maximum absolute atomic E-state index is 12.2. The van der Waals surface area contributed by atoms with Crippen molar-refractivity contribution >= 4 is 11.7 Å². The number of nitrogens with one attached hydrogen (secondary N) is 1. The molecule has 0 radical (unpaired) electrons. The summed E-state index contributed by atoms with van der Waals surface area (Å²) >= 11 is 0. The van der Waals surface area contributed by atoms with Crippen LogP contribution in [0.3, 0.4) is 0 Å². The number of aromatic nitrogens is 2. The number of rotatable bonds is 3. The molecule has 6 nitrogen and oxygen atoms in total. The Morgan fingerprint density at radius 2 is 2.32 bits per heavy atom. The highest BCUT2D eigenvalue weighted by Gasteiger charge is 2.30. The highest BCUT2D eigenvalue weighted by atomic mass is 16.2. The number of amides is 1. The van der Waals surface area contributed by atoms with Crippen molar-refractivity contribution in [3.63, 3.8) is 0 Å². The summed E-state index contributed by atoms with van der Waals surface area (Å²) in [6, 6.07) is 1.78. The van der Waals surface area contributed by atoms with Gasteiger partial charge in [0.2, 0.25) is 5.91 Å². The van der Waals surface area contributed by atoms with Gasteiger partial charge in [-0.3, -0.25) is 4.79 Å². The van der Waals surface area contributed by atoms with Crippen molar-refractivity contribution in [2.75, 3.05) is 38.6 Å². The quantitative estimate of drug-likeness (QED) is 0.825. The normalized spacial score (nSPS) is 19.3. The monoisotopic (exact) mass is 263 g/mol. The number of aryl methyl sites for hydroxylation is 1. The van der Waals surface area contributed by atoms with Gasteiger partial charge in [0.05, 0.1) is 0 Å². The lowest BCUT2D eigenvalue weighted by molar-refractivity contribution is -0.130. The molecule has 0 spiro atoms. The van der Waals surface area contributed by atoms with Crippen LogP contribution in [0.25, 0.3) is 0 Å². The van der Waals surface area contributed by atoms with Crippen LogP contribution in [0.2, 0.25) is 0 Å². The summed E-state index contributed by atoms with van der Waals surface area (Å²) in [7, 11) is 3.57. The molecular formula is C13H21N5O. The van der Waals surface area contributed by atoms with E-state index in [9.17, 15) is 4.79 Å². The molecule has 1 aromatic heterocycles. The first-order valence-electron chi connectivity index (χ1n) is 6.63. The van der Waals surface area contributed by atoms with Gasteiger partial charge in [0.1, 0.15) is 18.2 Å². The van der Waals surface area contributed by atoms with Crippen molar-refractivity contribution in [3.8, 4) is 0 Å². The zero-order valence-corrected chi connectivity index (χ0v) is 11.8. The predicted octanol–water partition coefficient (Wildman–Crippen LogP) is -0.0946. The lowest BCUT2D eigenvalue weighted by Gasteiger charge is -2.37. The largest absolute Gasteiger partial charge is 0.347 e. The van der Waals surface area contributed by atoms with Crippen molar-refractivity contribution in [2.24, 2.45) is 0 Å². The lowest BCUT2D eigenvalue weighted by atomic mass is 10.1. The molecule has 2 rings (SSSR count). The SMILES string of the molecule is CCc1cc(N2CCNCC2C(=O)N(C)C)ncn1. The minimum Gasteiger partial charge on any atom is -0.347 e. The van der Waals surface area contributed by atoms with Gasteiger partial charge in [-0.25, -0.2) is 9.97 Å². The zero-order chi connectivity index (χ0) is 13.8. The first kappa shape index (κ1) is 13.7. The Kier molecular flexibility index (Phi) is 4.31. The smallest absolute Gasteiger partial charge is 0.246 e. The maximum Gasteiger partial charge on any atom is 0.246 e. The highest BCUT2D eigenvalue weighted by molar-refractivity contribution is 5.85. The standard InChI is InChI=1S/C13H21N5O/c1-4-10-7-12(16-9-15-10)18-6-5-14-8-11(18)13(19)17(2)3/h7,9,11,14H,4-6,8H2,1-3H3. The summed E-state index contributed by atoms with van der Waals surface area (Å²) in [5, 5.41) is 3.27. The van der Waals surface area contributed by atoms with E-state index in [1.54, 1.807) is 25.3 Å². The number of piperazine rings is 1. The fraction of sp³-hybridized carbons (Fsp3) is 0.615. The van der Waals surface area contributed by atoms with E-state index in [2.05, 4.69) is 27.1 Å². The van der Waals surface area contributed by atoms with Gasteiger partial charge in [-0.05, 0) is 6.42 Å². The second kappa shape index (κ2) is 5.97. The van der Waals surface area contributed by atoms with Gasteiger partial charge < -0.3 is 15.1 Å². The van der Waals surface area contributed by atoms with Gasteiger partial charge in [0.25, 0.3) is 0 Å². The Morgan fingerprint density at radius 1 is 1.53 bits per heavy atom. The summed E-state index contributed by atoms with van der Waals surface area (Å²) in [4.78, 5) is 24.5. The zero-order valence-electron chi connectivity index (χ0n) is 11.8. The van der Waals surface area contributed by atoms with Crippen LogP contribution in [-0.2, 0) is 11.2 Å². The van der Waals surface area contributed by atoms with E-state index in [0.717, 1.165) is 31.0 Å². The Hall–Kier alpha value is -1.69. The van der Waals surface area contributed by atoms with E-state index in [4.69, 9.17) is 0 Å². The first-order valence-corrected chi connectivity index (χ1v) is 6.63. The van der Waals surface area contributed by atoms with Crippen LogP contribution >= 0.6 is 0 Å². The Bertz CT molecular complexity index is 448. The van der Waals surface area contributed by atoms with Gasteiger partial charge in [-0.15, -0.1) is 0 Å². The Labute approximate surface area is 113 Å². The van der Waals surface area contributed by atoms with Crippen molar-refractivity contribution in [1.82, 2.24) is 20.2 Å². The third-order valence-electron chi connectivity index (χ3n) is 3.34. The summed E-state index contributed by atoms with van der Waals surface area (Å²) in [6.07, 6.45) is 2.45. The third kappa shape index (κ3) is 3.01. The van der Waals surface area contributed by atoms with Gasteiger partial charge in [-0.2, -0.15) is 0 Å². The second-order valence-corrected chi connectivity index (χ2v) is 4.87. The number of likely N-dealkylation sites (N-methyl/N-ethyl adjacent to an activating group) is 1. The molecule has 104 valence electrons. The van der Waals surface area contributed by atoms with Crippen LogP contribution < -0.4 is 10.2 Å². The number of carbonyl (C=O) groups excluding carboxylic acids is 1. The van der Waals surface area contributed by atoms with E-state index in [-0.39, 0.29) is 11.9 Å². The van der Waals surface area contributed by atoms with E-state index in [1.165, 1.54) is 0 Å². The molecule has 6 heteroatoms. The second-order valence-electron chi connectivity index (χ2n) is 4.87. The van der Waals surface area contributed by atoms with Crippen molar-refractivity contribution < 1.29 is 4.79 Å². The topological polar surface area (TPSA) is 61.4 Å². The molecule has 19 heavy (non-hydrogen) atoms. The Morgan fingerprint density at radius 3 is 3.00 bits per heavy atom. The van der Waals surface area contributed by atoms with Crippen molar-refractivity contribution in [1.29, 1.82) is 0 Å². The van der Waals surface area contributed by atoms with Gasteiger partial charge in [0, 0.05) is 45.5 Å². The van der Waals surface area contributed by atoms with Crippen LogP contribution in [0.5, 0.6) is 0 Å². The van der Waals surface area contributed by atoms with E-state index in [0.29, 0.717) is 6.54 Å². The van der Waals surface area contributed by atoms with E-state index >= 15 is 0 Å². The van der Waals surface area contributed by atoms with Crippen molar-refractivity contribution in [3.05, 3.63) is 18.1 Å². The van der Waals surface area contributed by atoms with E-state index in [1.807, 2.05) is 6.07 Å². The van der Waals surface area contributed by atoms with Gasteiger partial charge in [0.15, 0.2) is 0 Å². The summed E-state index contributed by atoms with van der Waals surface area (Å²) in [6.45, 7) is 4.36. The van der Waals surface area contributed by atoms with Crippen LogP contribution in [-0.4, -0.2) is 60.5 Å². The number of hydrogen-bond acceptors (Lipinski definition) is 5. The molecule has 1 aliphatic rings. The Balaban J connectivity index is 2.25. The van der Waals surface area contributed by atoms with Crippen LogP contribution in [0, 0.1) is 0 Å². The minimum absolute atomic E-state index is 0.101. The molecule has 0 bridgehead atoms. The van der Waals surface area contributed by atoms with Crippen molar-refractivity contribution in [2.45, 2.75) is 19.4 Å². The highest BCUT2D eigenvalue weighted by Crippen LogP contribution is 2.17. The number of hydrogen-bond donors (Lipinski definition) is 1. The maximum atomic E-state index is 12.2. The number of nitrogens with zero attached hydrogens (tertiary/aromatic N) is 4. The first-order chi connectivity index (χ1) is 9.13. The van der Waals surface area contributed by atoms with Gasteiger partial charge >= 0.3 is 0 Å². The summed E-state index contributed by atoms with van der Waals surface area (Å²) < 4.78 is 0. The molecule has 0 aromatic carbocycles. The molecule has 1 aliphatic heterocycles. The minimum atomic E-state index is -0.191. The molecule has 1 fully saturated rings. The van der Waals surface area contributed by atoms with E-state index < -0.39 is 0 Å². The number of carbonyl (C=O) groups is 1. The number of anilines is 1. The summed E-state index contributed by atoms with van der Waals surface area (Å²) in [5.74, 6) is 0.942. The predicted molar refractivity (Wildman–Crippen MR) is 74.1 cm³/mol. The molecule has 0 saturated carbocycles. The third-order valence-corrected chi connectivity index (χ3v) is 3.34.